The number of hydrogen-bond donors (Lipinski definition) is 5. The van der Waals surface area contributed by atoms with Crippen molar-refractivity contribution in [3.8, 4) is 11.8 Å². The van der Waals surface area contributed by atoms with Crippen molar-refractivity contribution in [3.05, 3.63) is 12.2 Å². The molecular formula is C13H14N6O4. The molecule has 0 amide bonds. The number of anilines is 1. The highest BCUT2D eigenvalue weighted by atomic mass is 16.6. The van der Waals surface area contributed by atoms with E-state index in [0.717, 1.165) is 0 Å². The van der Waals surface area contributed by atoms with E-state index in [-0.39, 0.29) is 18.2 Å². The molecule has 5 atom stereocenters. The van der Waals surface area contributed by atoms with Gasteiger partial charge in [-0.1, -0.05) is 5.92 Å². The number of aromatic nitrogens is 4. The Morgan fingerprint density at radius 2 is 2.13 bits per heavy atom. The molecule has 10 nitrogen and oxygen atoms in total. The Morgan fingerprint density at radius 1 is 1.35 bits per heavy atom. The number of nitrogens with two attached hydrogens (primary N) is 2. The molecule has 2 aromatic rings. The summed E-state index contributed by atoms with van der Waals surface area (Å²) < 4.78 is 6.93. The van der Waals surface area contributed by atoms with Gasteiger partial charge < -0.3 is 31.5 Å². The van der Waals surface area contributed by atoms with Gasteiger partial charge in [0.05, 0.1) is 12.9 Å². The normalized spacial score (nSPS) is 35.0. The molecule has 0 radical (unpaired) electrons. The van der Waals surface area contributed by atoms with E-state index in [1.807, 2.05) is 0 Å². The molecule has 2 aromatic heterocycles. The van der Waals surface area contributed by atoms with Crippen LogP contribution in [0.3, 0.4) is 0 Å². The van der Waals surface area contributed by atoms with E-state index in [0.29, 0.717) is 11.2 Å². The van der Waals surface area contributed by atoms with Crippen molar-refractivity contribution in [3.63, 3.8) is 0 Å². The van der Waals surface area contributed by atoms with Gasteiger partial charge >= 0.3 is 0 Å². The molecule has 0 bridgehead atoms. The fraction of sp³-hybridized carbons (Fsp3) is 0.462. The van der Waals surface area contributed by atoms with Crippen LogP contribution < -0.4 is 11.5 Å². The van der Waals surface area contributed by atoms with Gasteiger partial charge in [0.1, 0.15) is 23.8 Å². The van der Waals surface area contributed by atoms with Gasteiger partial charge in [-0.25, -0.2) is 15.0 Å². The van der Waals surface area contributed by atoms with Gasteiger partial charge in [-0.3, -0.25) is 4.57 Å². The van der Waals surface area contributed by atoms with Gasteiger partial charge in [-0.15, -0.1) is 0 Å². The Labute approximate surface area is 129 Å². The molecule has 23 heavy (non-hydrogen) atoms. The van der Waals surface area contributed by atoms with Crippen LogP contribution in [0.2, 0.25) is 0 Å². The molecule has 7 N–H and O–H groups in total. The maximum absolute atomic E-state index is 10.2. The predicted octanol–water partition coefficient (Wildman–Crippen LogP) is -2.92. The maximum atomic E-state index is 10.2. The summed E-state index contributed by atoms with van der Waals surface area (Å²) in [7, 11) is 0. The molecule has 0 aromatic carbocycles. The zero-order chi connectivity index (χ0) is 16.4. The molecule has 3 heterocycles. The van der Waals surface area contributed by atoms with E-state index >= 15 is 0 Å². The fourth-order valence-corrected chi connectivity index (χ4v) is 2.85. The summed E-state index contributed by atoms with van der Waals surface area (Å²) in [6.07, 6.45) is -2.83. The summed E-state index contributed by atoms with van der Waals surface area (Å²) in [5.74, 6) is 5.60. The third-order valence-electron chi connectivity index (χ3n) is 4.16. The first-order valence-electron chi connectivity index (χ1n) is 6.91. The zero-order valence-corrected chi connectivity index (χ0v) is 11.8. The van der Waals surface area contributed by atoms with Gasteiger partial charge in [-0.2, -0.15) is 0 Å². The molecule has 120 valence electrons. The first kappa shape index (κ1) is 14.3. The molecule has 4 rings (SSSR count). The quantitative estimate of drug-likeness (QED) is 0.346. The summed E-state index contributed by atoms with van der Waals surface area (Å²) >= 11 is 0. The number of ether oxygens (including phenoxy) is 1. The predicted molar refractivity (Wildman–Crippen MR) is 76.5 cm³/mol. The second-order valence-corrected chi connectivity index (χ2v) is 5.49. The van der Waals surface area contributed by atoms with E-state index in [9.17, 15) is 15.3 Å². The Balaban J connectivity index is 1.78. The molecule has 10 heteroatoms. The van der Waals surface area contributed by atoms with Crippen LogP contribution in [0, 0.1) is 11.8 Å². The summed E-state index contributed by atoms with van der Waals surface area (Å²) in [5, 5.41) is 29.9. The fourth-order valence-electron chi connectivity index (χ4n) is 2.85. The Hall–Kier alpha value is -2.29. The Bertz CT molecular complexity index is 857. The van der Waals surface area contributed by atoms with Gasteiger partial charge in [0, 0.05) is 0 Å². The Morgan fingerprint density at radius 3 is 2.78 bits per heavy atom. The first-order chi connectivity index (χ1) is 11.0. The summed E-state index contributed by atoms with van der Waals surface area (Å²) in [4.78, 5) is 12.4. The van der Waals surface area contributed by atoms with Crippen LogP contribution >= 0.6 is 0 Å². The molecular weight excluding hydrogens is 304 g/mol. The van der Waals surface area contributed by atoms with Crippen molar-refractivity contribution in [1.29, 1.82) is 0 Å². The number of hydrogen-bond acceptors (Lipinski definition) is 9. The molecule has 2 fully saturated rings. The van der Waals surface area contributed by atoms with Crippen LogP contribution in [0.5, 0.6) is 0 Å². The van der Waals surface area contributed by atoms with E-state index in [1.165, 1.54) is 10.9 Å². The van der Waals surface area contributed by atoms with Crippen LogP contribution in [0.15, 0.2) is 6.33 Å². The molecule has 1 saturated carbocycles. The smallest absolute Gasteiger partial charge is 0.209 e. The third-order valence-corrected chi connectivity index (χ3v) is 4.16. The summed E-state index contributed by atoms with van der Waals surface area (Å²) in [5.41, 5.74) is 10.1. The third kappa shape index (κ3) is 1.79. The average Bonchev–Trinajstić information content (AvgIpc) is 2.85. The number of rotatable bonds is 1. The summed E-state index contributed by atoms with van der Waals surface area (Å²) in [6.45, 7) is 0.150. The van der Waals surface area contributed by atoms with Crippen molar-refractivity contribution in [2.45, 2.75) is 30.1 Å². The molecule has 1 aliphatic carbocycles. The number of aliphatic hydroxyl groups is 3. The van der Waals surface area contributed by atoms with Crippen LogP contribution in [0.25, 0.3) is 11.2 Å². The van der Waals surface area contributed by atoms with Gasteiger partial charge in [0.15, 0.2) is 23.3 Å². The SMILES string of the molecule is NCC#Cc1nc(N)c2ncn([C@@H]3O[C@@H]4C(O)C4(O)C3O)c2n1. The monoisotopic (exact) mass is 318 g/mol. The number of nitrogen functional groups attached to an aromatic ring is 1. The van der Waals surface area contributed by atoms with Gasteiger partial charge in [0.25, 0.3) is 0 Å². The topological polar surface area (TPSA) is 166 Å². The lowest BCUT2D eigenvalue weighted by Crippen LogP contribution is -2.36. The average molecular weight is 318 g/mol. The van der Waals surface area contributed by atoms with Crippen molar-refractivity contribution in [2.75, 3.05) is 12.3 Å². The molecule has 1 saturated heterocycles. The first-order valence-corrected chi connectivity index (χ1v) is 6.91. The van der Waals surface area contributed by atoms with Crippen molar-refractivity contribution < 1.29 is 20.1 Å². The highest BCUT2D eigenvalue weighted by Crippen LogP contribution is 2.53. The van der Waals surface area contributed by atoms with Crippen LogP contribution in [0.4, 0.5) is 5.82 Å². The summed E-state index contributed by atoms with van der Waals surface area (Å²) in [6, 6.07) is 0. The molecule has 1 aliphatic heterocycles. The van der Waals surface area contributed by atoms with Crippen LogP contribution in [-0.2, 0) is 4.74 Å². The van der Waals surface area contributed by atoms with Gasteiger partial charge in [0.2, 0.25) is 5.82 Å². The highest BCUT2D eigenvalue weighted by molar-refractivity contribution is 5.82. The maximum Gasteiger partial charge on any atom is 0.209 e. The number of aliphatic hydroxyl groups excluding tert-OH is 2. The van der Waals surface area contributed by atoms with Crippen LogP contribution in [-0.4, -0.2) is 65.3 Å². The number of nitrogens with zero attached hydrogens (tertiary/aromatic N) is 4. The van der Waals surface area contributed by atoms with E-state index in [2.05, 4.69) is 26.8 Å². The second-order valence-electron chi connectivity index (χ2n) is 5.49. The van der Waals surface area contributed by atoms with Crippen LogP contribution in [0.1, 0.15) is 12.1 Å². The lowest BCUT2D eigenvalue weighted by molar-refractivity contribution is -0.0942. The standard InChI is InChI=1S/C13H14N6O4/c14-3-1-2-5-17-10(15)6-11(18-5)19(4-16-6)12-8(21)13(22)7(20)9(13)23-12/h4,7-9,12,20-22H,3,14H2,(H2,15,17,18)/t7?,8?,9-,12-,13?/m1/s1. The lowest BCUT2D eigenvalue weighted by atomic mass is 10.1. The van der Waals surface area contributed by atoms with E-state index in [1.54, 1.807) is 0 Å². The largest absolute Gasteiger partial charge is 0.387 e. The van der Waals surface area contributed by atoms with Gasteiger partial charge in [-0.05, 0) is 5.92 Å². The van der Waals surface area contributed by atoms with Crippen molar-refractivity contribution >= 4 is 17.0 Å². The van der Waals surface area contributed by atoms with Crippen molar-refractivity contribution in [2.24, 2.45) is 5.73 Å². The zero-order valence-electron chi connectivity index (χ0n) is 11.8. The number of imidazole rings is 1. The molecule has 2 aliphatic rings. The Kier molecular flexibility index (Phi) is 2.87. The van der Waals surface area contributed by atoms with E-state index in [4.69, 9.17) is 16.2 Å². The van der Waals surface area contributed by atoms with E-state index < -0.39 is 30.1 Å². The highest BCUT2D eigenvalue weighted by Gasteiger charge is 2.76. The number of fused-ring (bicyclic) bond motifs is 2. The van der Waals surface area contributed by atoms with Crippen molar-refractivity contribution in [1.82, 2.24) is 19.5 Å². The molecule has 0 spiro atoms. The second kappa shape index (κ2) is 4.60. The minimum absolute atomic E-state index is 0.131. The minimum atomic E-state index is -1.66. The minimum Gasteiger partial charge on any atom is -0.387 e. The molecule has 3 unspecified atom stereocenters. The lowest BCUT2D eigenvalue weighted by Gasteiger charge is -2.22.